The van der Waals surface area contributed by atoms with Gasteiger partial charge in [-0.2, -0.15) is 0 Å². The summed E-state index contributed by atoms with van der Waals surface area (Å²) in [6, 6.07) is 7.56. The quantitative estimate of drug-likeness (QED) is 0.640. The largest absolute Gasteiger partial charge is 0.302 e. The van der Waals surface area contributed by atoms with Crippen LogP contribution in [0.2, 0.25) is 5.02 Å². The van der Waals surface area contributed by atoms with E-state index >= 15 is 0 Å². The maximum absolute atomic E-state index is 10.8. The maximum atomic E-state index is 10.8. The number of aldehydes is 1. The number of rotatable bonds is 2. The van der Waals surface area contributed by atoms with Crippen LogP contribution in [-0.4, -0.2) is 6.29 Å². The first kappa shape index (κ1) is 7.81. The normalized spacial score (nSPS) is 18.8. The molecule has 2 rings (SSSR count). The molecule has 0 atom stereocenters. The summed E-state index contributed by atoms with van der Waals surface area (Å²) in [7, 11) is 0. The second kappa shape index (κ2) is 2.60. The molecular weight excluding hydrogens is 172 g/mol. The maximum Gasteiger partial charge on any atom is 0.130 e. The van der Waals surface area contributed by atoms with Crippen LogP contribution >= 0.6 is 11.6 Å². The van der Waals surface area contributed by atoms with Crippen molar-refractivity contribution in [3.8, 4) is 0 Å². The molecule has 0 N–H and O–H groups in total. The Labute approximate surface area is 76.4 Å². The van der Waals surface area contributed by atoms with Crippen molar-refractivity contribution in [3.05, 3.63) is 34.9 Å². The van der Waals surface area contributed by atoms with Crippen molar-refractivity contribution in [2.75, 3.05) is 0 Å². The first-order valence-corrected chi connectivity index (χ1v) is 4.37. The molecule has 1 nitrogen and oxygen atoms in total. The van der Waals surface area contributed by atoms with Crippen molar-refractivity contribution in [3.63, 3.8) is 0 Å². The number of carbonyl (C=O) groups is 1. The highest BCUT2D eigenvalue weighted by Gasteiger charge is 2.44. The summed E-state index contributed by atoms with van der Waals surface area (Å²) in [5, 5.41) is 0.709. The lowest BCUT2D eigenvalue weighted by atomic mass is 9.98. The van der Waals surface area contributed by atoms with Gasteiger partial charge in [0.2, 0.25) is 0 Å². The van der Waals surface area contributed by atoms with Gasteiger partial charge >= 0.3 is 0 Å². The molecule has 1 aromatic carbocycles. The molecule has 1 aliphatic rings. The molecule has 0 amide bonds. The molecular formula is C10H9ClO. The van der Waals surface area contributed by atoms with E-state index in [2.05, 4.69) is 0 Å². The smallest absolute Gasteiger partial charge is 0.130 e. The van der Waals surface area contributed by atoms with E-state index < -0.39 is 0 Å². The molecule has 0 spiro atoms. The van der Waals surface area contributed by atoms with E-state index in [0.717, 1.165) is 24.7 Å². The Morgan fingerprint density at radius 2 is 2.17 bits per heavy atom. The fraction of sp³-hybridized carbons (Fsp3) is 0.300. The SMILES string of the molecule is O=CC1(c2cccc(Cl)c2)CC1. The Balaban J connectivity index is 2.40. The van der Waals surface area contributed by atoms with Crippen LogP contribution in [0.4, 0.5) is 0 Å². The third-order valence-corrected chi connectivity index (χ3v) is 2.65. The summed E-state index contributed by atoms with van der Waals surface area (Å²) in [5.41, 5.74) is 0.871. The molecule has 0 heterocycles. The molecule has 12 heavy (non-hydrogen) atoms. The number of benzene rings is 1. The highest BCUT2D eigenvalue weighted by molar-refractivity contribution is 6.30. The van der Waals surface area contributed by atoms with Crippen LogP contribution < -0.4 is 0 Å². The first-order chi connectivity index (χ1) is 5.77. The molecule has 0 aromatic heterocycles. The van der Waals surface area contributed by atoms with Gasteiger partial charge in [0.1, 0.15) is 6.29 Å². The number of hydrogen-bond donors (Lipinski definition) is 0. The second-order valence-electron chi connectivity index (χ2n) is 3.28. The Bertz CT molecular complexity index is 315. The molecule has 1 aliphatic carbocycles. The predicted molar refractivity (Wildman–Crippen MR) is 48.4 cm³/mol. The lowest BCUT2D eigenvalue weighted by Crippen LogP contribution is -2.06. The second-order valence-corrected chi connectivity index (χ2v) is 3.72. The Morgan fingerprint density at radius 3 is 2.67 bits per heavy atom. The van der Waals surface area contributed by atoms with Crippen molar-refractivity contribution >= 4 is 17.9 Å². The zero-order valence-electron chi connectivity index (χ0n) is 6.59. The summed E-state index contributed by atoms with van der Waals surface area (Å²) in [6.45, 7) is 0. The predicted octanol–water partition coefficient (Wildman–Crippen LogP) is 2.57. The third-order valence-electron chi connectivity index (χ3n) is 2.41. The molecule has 0 bridgehead atoms. The van der Waals surface area contributed by atoms with Crippen LogP contribution in [-0.2, 0) is 10.2 Å². The summed E-state index contributed by atoms with van der Waals surface area (Å²) >= 11 is 5.82. The van der Waals surface area contributed by atoms with Crippen LogP contribution in [0.25, 0.3) is 0 Å². The van der Waals surface area contributed by atoms with Gasteiger partial charge in [-0.1, -0.05) is 23.7 Å². The van der Waals surface area contributed by atoms with Gasteiger partial charge < -0.3 is 4.79 Å². The van der Waals surface area contributed by atoms with Gasteiger partial charge in [0.15, 0.2) is 0 Å². The molecule has 2 heteroatoms. The van der Waals surface area contributed by atoms with E-state index in [-0.39, 0.29) is 5.41 Å². The zero-order valence-corrected chi connectivity index (χ0v) is 7.34. The van der Waals surface area contributed by atoms with Crippen LogP contribution in [0, 0.1) is 0 Å². The van der Waals surface area contributed by atoms with E-state index in [1.807, 2.05) is 24.3 Å². The number of halogens is 1. The molecule has 62 valence electrons. The van der Waals surface area contributed by atoms with Crippen LogP contribution in [0.1, 0.15) is 18.4 Å². The van der Waals surface area contributed by atoms with E-state index in [9.17, 15) is 4.79 Å². The van der Waals surface area contributed by atoms with Gasteiger partial charge in [0.05, 0.1) is 5.41 Å². The van der Waals surface area contributed by atoms with Gasteiger partial charge in [-0.15, -0.1) is 0 Å². The van der Waals surface area contributed by atoms with Crippen molar-refractivity contribution in [1.82, 2.24) is 0 Å². The molecule has 1 fully saturated rings. The van der Waals surface area contributed by atoms with E-state index in [1.165, 1.54) is 0 Å². The fourth-order valence-electron chi connectivity index (χ4n) is 1.41. The van der Waals surface area contributed by atoms with E-state index in [4.69, 9.17) is 11.6 Å². The summed E-state index contributed by atoms with van der Waals surface area (Å²) in [4.78, 5) is 10.8. The molecule has 0 aliphatic heterocycles. The summed E-state index contributed by atoms with van der Waals surface area (Å²) in [6.07, 6.45) is 2.98. The molecule has 0 saturated heterocycles. The van der Waals surface area contributed by atoms with Crippen molar-refractivity contribution in [2.45, 2.75) is 18.3 Å². The van der Waals surface area contributed by atoms with Gasteiger partial charge in [0.25, 0.3) is 0 Å². The lowest BCUT2D eigenvalue weighted by molar-refractivity contribution is -0.109. The van der Waals surface area contributed by atoms with E-state index in [0.29, 0.717) is 5.02 Å². The summed E-state index contributed by atoms with van der Waals surface area (Å²) < 4.78 is 0. The van der Waals surface area contributed by atoms with Crippen LogP contribution in [0.3, 0.4) is 0 Å². The van der Waals surface area contributed by atoms with Gasteiger partial charge in [0, 0.05) is 5.02 Å². The van der Waals surface area contributed by atoms with Crippen LogP contribution in [0.5, 0.6) is 0 Å². The van der Waals surface area contributed by atoms with Crippen molar-refractivity contribution < 1.29 is 4.79 Å². The standard InChI is InChI=1S/C10H9ClO/c11-9-3-1-2-8(6-9)10(7-12)4-5-10/h1-3,6-7H,4-5H2. The average Bonchev–Trinajstić information content (AvgIpc) is 2.84. The van der Waals surface area contributed by atoms with Gasteiger partial charge in [-0.25, -0.2) is 0 Å². The fourth-order valence-corrected chi connectivity index (χ4v) is 1.60. The highest BCUT2D eigenvalue weighted by Crippen LogP contribution is 2.46. The Hall–Kier alpha value is -0.820. The average molecular weight is 181 g/mol. The minimum absolute atomic E-state index is 0.190. The molecule has 1 aromatic rings. The van der Waals surface area contributed by atoms with E-state index in [1.54, 1.807) is 0 Å². The number of carbonyl (C=O) groups excluding carboxylic acids is 1. The number of hydrogen-bond acceptors (Lipinski definition) is 1. The third kappa shape index (κ3) is 1.14. The lowest BCUT2D eigenvalue weighted by Gasteiger charge is -2.06. The summed E-state index contributed by atoms with van der Waals surface area (Å²) in [5.74, 6) is 0. The minimum atomic E-state index is -0.190. The van der Waals surface area contributed by atoms with Crippen molar-refractivity contribution in [1.29, 1.82) is 0 Å². The first-order valence-electron chi connectivity index (χ1n) is 3.99. The molecule has 1 saturated carbocycles. The van der Waals surface area contributed by atoms with Gasteiger partial charge in [-0.3, -0.25) is 0 Å². The van der Waals surface area contributed by atoms with Crippen LogP contribution in [0.15, 0.2) is 24.3 Å². The Kier molecular flexibility index (Phi) is 1.69. The molecule has 0 unspecified atom stereocenters. The highest BCUT2D eigenvalue weighted by atomic mass is 35.5. The van der Waals surface area contributed by atoms with Gasteiger partial charge in [-0.05, 0) is 30.5 Å². The zero-order chi connectivity index (χ0) is 8.60. The topological polar surface area (TPSA) is 17.1 Å². The minimum Gasteiger partial charge on any atom is -0.302 e. The molecule has 0 radical (unpaired) electrons. The monoisotopic (exact) mass is 180 g/mol. The Morgan fingerprint density at radius 1 is 1.42 bits per heavy atom. The van der Waals surface area contributed by atoms with Crippen molar-refractivity contribution in [2.24, 2.45) is 0 Å².